The monoisotopic (exact) mass is 234 g/mol. The summed E-state index contributed by atoms with van der Waals surface area (Å²) in [7, 11) is 6.00. The molecule has 0 aliphatic heterocycles. The number of nitrogens with zero attached hydrogens (tertiary/aromatic N) is 1. The first-order valence-electron chi connectivity index (χ1n) is 6.46. The van der Waals surface area contributed by atoms with Gasteiger partial charge in [-0.1, -0.05) is 51.9 Å². The summed E-state index contributed by atoms with van der Waals surface area (Å²) in [5, 5.41) is 0. The average Bonchev–Trinajstić information content (AvgIpc) is 2.16. The number of hydrogen-bond acceptors (Lipinski definition) is 2. The van der Waals surface area contributed by atoms with Gasteiger partial charge in [-0.2, -0.15) is 0 Å². The average molecular weight is 234 g/mol. The van der Waals surface area contributed by atoms with E-state index in [2.05, 4.69) is 6.92 Å². The summed E-state index contributed by atoms with van der Waals surface area (Å²) in [4.78, 5) is 2.00. The second kappa shape index (κ2) is 20.3. The maximum Gasteiger partial charge on any atom is -0.00773 e. The van der Waals surface area contributed by atoms with Crippen molar-refractivity contribution in [3.05, 3.63) is 0 Å². The van der Waals surface area contributed by atoms with E-state index in [0.29, 0.717) is 0 Å². The minimum Gasteiger partial charge on any atom is -0.412 e. The van der Waals surface area contributed by atoms with Crippen LogP contribution in [-0.4, -0.2) is 38.1 Å². The van der Waals surface area contributed by atoms with Gasteiger partial charge in [-0.15, -0.1) is 0 Å². The van der Waals surface area contributed by atoms with Gasteiger partial charge in [0, 0.05) is 0 Å². The first-order chi connectivity index (χ1) is 7.15. The lowest BCUT2D eigenvalue weighted by atomic mass is 10.1. The summed E-state index contributed by atoms with van der Waals surface area (Å²) in [5.74, 6) is 0. The van der Waals surface area contributed by atoms with E-state index in [1.165, 1.54) is 51.4 Å². The highest BCUT2D eigenvalue weighted by molar-refractivity contribution is 4.45. The van der Waals surface area contributed by atoms with Crippen LogP contribution in [-0.2, 0) is 0 Å². The van der Waals surface area contributed by atoms with Crippen LogP contribution in [0.4, 0.5) is 0 Å². The Morgan fingerprint density at radius 2 is 1.06 bits per heavy atom. The van der Waals surface area contributed by atoms with E-state index in [-0.39, 0.29) is 5.48 Å². The molecule has 0 unspecified atom stereocenters. The summed E-state index contributed by atoms with van der Waals surface area (Å²) < 4.78 is 0. The van der Waals surface area contributed by atoms with E-state index in [1.807, 2.05) is 26.0 Å². The van der Waals surface area contributed by atoms with Crippen molar-refractivity contribution in [3.63, 3.8) is 0 Å². The van der Waals surface area contributed by atoms with Crippen LogP contribution in [0.15, 0.2) is 0 Å². The molecule has 0 saturated carbocycles. The van der Waals surface area contributed by atoms with Crippen molar-refractivity contribution < 1.29 is 5.48 Å². The highest BCUT2D eigenvalue weighted by Gasteiger charge is 1.89. The van der Waals surface area contributed by atoms with Crippen molar-refractivity contribution in [3.8, 4) is 0 Å². The standard InChI is InChI=1S/C10H23N.C3H9N.H2O/c1-2-3-4-5-6-7-8-9-10-11;1-4(2)3;/h2-11H2,1H3;1-3H3;1H2. The summed E-state index contributed by atoms with van der Waals surface area (Å²) >= 11 is 0. The third-order valence-corrected chi connectivity index (χ3v) is 2.06. The zero-order valence-corrected chi connectivity index (χ0v) is 11.9. The topological polar surface area (TPSA) is 60.8 Å². The Hall–Kier alpha value is -0.120. The van der Waals surface area contributed by atoms with E-state index >= 15 is 0 Å². The summed E-state index contributed by atoms with van der Waals surface area (Å²) in [6.45, 7) is 3.13. The smallest absolute Gasteiger partial charge is 0.00773 e. The zero-order chi connectivity index (χ0) is 11.9. The third kappa shape index (κ3) is 37.1. The Morgan fingerprint density at radius 1 is 0.750 bits per heavy atom. The van der Waals surface area contributed by atoms with Crippen molar-refractivity contribution in [2.24, 2.45) is 5.73 Å². The molecule has 0 aromatic carbocycles. The summed E-state index contributed by atoms with van der Waals surface area (Å²) in [6, 6.07) is 0. The molecule has 0 saturated heterocycles. The van der Waals surface area contributed by atoms with Gasteiger partial charge in [-0.3, -0.25) is 0 Å². The Bertz CT molecular complexity index is 87.2. The van der Waals surface area contributed by atoms with Gasteiger partial charge in [0.1, 0.15) is 0 Å². The van der Waals surface area contributed by atoms with E-state index in [1.54, 1.807) is 0 Å². The van der Waals surface area contributed by atoms with Crippen LogP contribution in [0.25, 0.3) is 0 Å². The fourth-order valence-electron chi connectivity index (χ4n) is 1.28. The fraction of sp³-hybridized carbons (Fsp3) is 1.00. The molecule has 0 aromatic rings. The van der Waals surface area contributed by atoms with Crippen LogP contribution in [0.5, 0.6) is 0 Å². The minimum atomic E-state index is 0. The molecule has 0 aromatic heterocycles. The molecule has 0 atom stereocenters. The first kappa shape index (κ1) is 21.2. The largest absolute Gasteiger partial charge is 0.412 e. The molecule has 0 amide bonds. The molecule has 102 valence electrons. The quantitative estimate of drug-likeness (QED) is 0.656. The second-order valence-corrected chi connectivity index (χ2v) is 4.61. The maximum absolute atomic E-state index is 5.39. The van der Waals surface area contributed by atoms with Crippen LogP contribution < -0.4 is 5.73 Å². The van der Waals surface area contributed by atoms with Gasteiger partial charge in [0.25, 0.3) is 0 Å². The van der Waals surface area contributed by atoms with Crippen LogP contribution in [0.3, 0.4) is 0 Å². The van der Waals surface area contributed by atoms with Gasteiger partial charge >= 0.3 is 0 Å². The lowest BCUT2D eigenvalue weighted by molar-refractivity contribution is 0.505. The van der Waals surface area contributed by atoms with E-state index in [0.717, 1.165) is 6.54 Å². The predicted molar refractivity (Wildman–Crippen MR) is 74.9 cm³/mol. The molecule has 3 heteroatoms. The molecule has 4 N–H and O–H groups in total. The van der Waals surface area contributed by atoms with Crippen molar-refractivity contribution in [2.45, 2.75) is 58.3 Å². The molecule has 0 spiro atoms. The van der Waals surface area contributed by atoms with E-state index in [9.17, 15) is 0 Å². The van der Waals surface area contributed by atoms with Crippen molar-refractivity contribution in [2.75, 3.05) is 27.7 Å². The van der Waals surface area contributed by atoms with E-state index in [4.69, 9.17) is 5.73 Å². The number of nitrogens with two attached hydrogens (primary N) is 1. The molecular formula is C13H34N2O. The lowest BCUT2D eigenvalue weighted by Crippen LogP contribution is -1.99. The SMILES string of the molecule is CCCCCCCCCCN.CN(C)C.O. The second-order valence-electron chi connectivity index (χ2n) is 4.61. The summed E-state index contributed by atoms with van der Waals surface area (Å²) in [5.41, 5.74) is 5.39. The molecule has 0 aliphatic rings. The highest BCUT2D eigenvalue weighted by atomic mass is 16.0. The molecule has 0 heterocycles. The number of rotatable bonds is 8. The molecular weight excluding hydrogens is 200 g/mol. The van der Waals surface area contributed by atoms with Crippen LogP contribution in [0.1, 0.15) is 58.3 Å². The molecule has 0 fully saturated rings. The molecule has 0 bridgehead atoms. The minimum absolute atomic E-state index is 0. The number of unbranched alkanes of at least 4 members (excludes halogenated alkanes) is 7. The van der Waals surface area contributed by atoms with Gasteiger partial charge < -0.3 is 16.1 Å². The molecule has 0 rings (SSSR count). The highest BCUT2D eigenvalue weighted by Crippen LogP contribution is 2.07. The van der Waals surface area contributed by atoms with Gasteiger partial charge in [0.15, 0.2) is 0 Å². The van der Waals surface area contributed by atoms with Crippen molar-refractivity contribution >= 4 is 0 Å². The third-order valence-electron chi connectivity index (χ3n) is 2.06. The van der Waals surface area contributed by atoms with Crippen LogP contribution >= 0.6 is 0 Å². The molecule has 0 aliphatic carbocycles. The van der Waals surface area contributed by atoms with Crippen molar-refractivity contribution in [1.82, 2.24) is 4.90 Å². The van der Waals surface area contributed by atoms with Gasteiger partial charge in [-0.05, 0) is 34.1 Å². The fourth-order valence-corrected chi connectivity index (χ4v) is 1.28. The van der Waals surface area contributed by atoms with Gasteiger partial charge in [0.05, 0.1) is 0 Å². The molecule has 0 radical (unpaired) electrons. The Labute approximate surface area is 103 Å². The Morgan fingerprint density at radius 3 is 1.38 bits per heavy atom. The Balaban J connectivity index is -0.000000292. The zero-order valence-electron chi connectivity index (χ0n) is 11.9. The van der Waals surface area contributed by atoms with E-state index < -0.39 is 0 Å². The lowest BCUT2D eigenvalue weighted by Gasteiger charge is -1.99. The van der Waals surface area contributed by atoms with Gasteiger partial charge in [-0.25, -0.2) is 0 Å². The maximum atomic E-state index is 5.39. The van der Waals surface area contributed by atoms with Gasteiger partial charge in [0.2, 0.25) is 0 Å². The van der Waals surface area contributed by atoms with Crippen LogP contribution in [0, 0.1) is 0 Å². The Kier molecular flexibility index (Phi) is 26.9. The molecule has 3 nitrogen and oxygen atoms in total. The first-order valence-corrected chi connectivity index (χ1v) is 6.46. The van der Waals surface area contributed by atoms with Crippen LogP contribution in [0.2, 0.25) is 0 Å². The number of hydrogen-bond donors (Lipinski definition) is 1. The summed E-state index contributed by atoms with van der Waals surface area (Å²) in [6.07, 6.45) is 11.0. The predicted octanol–water partition coefficient (Wildman–Crippen LogP) is 2.44. The van der Waals surface area contributed by atoms with Crippen molar-refractivity contribution in [1.29, 1.82) is 0 Å². The normalized spacial score (nSPS) is 9.38. The molecule has 16 heavy (non-hydrogen) atoms.